The van der Waals surface area contributed by atoms with Gasteiger partial charge in [0, 0.05) is 12.3 Å². The number of alkyl halides is 2. The molecule has 3 nitrogen and oxygen atoms in total. The highest BCUT2D eigenvalue weighted by Crippen LogP contribution is 2.20. The maximum atomic E-state index is 12.4. The third-order valence-electron chi connectivity index (χ3n) is 1.70. The van der Waals surface area contributed by atoms with Crippen LogP contribution in [0.2, 0.25) is 0 Å². The second-order valence-corrected chi connectivity index (χ2v) is 2.57. The van der Waals surface area contributed by atoms with E-state index in [2.05, 4.69) is 16.1 Å². The summed E-state index contributed by atoms with van der Waals surface area (Å²) >= 11 is 0. The molecule has 2 aromatic rings. The van der Waals surface area contributed by atoms with Crippen molar-refractivity contribution in [3.05, 3.63) is 36.7 Å². The van der Waals surface area contributed by atoms with E-state index in [4.69, 9.17) is 0 Å². The first-order valence-corrected chi connectivity index (χ1v) is 3.94. The second kappa shape index (κ2) is 3.53. The quantitative estimate of drug-likeness (QED) is 0.733. The van der Waals surface area contributed by atoms with Gasteiger partial charge in [-0.2, -0.15) is 13.9 Å². The molecule has 5 heteroatoms. The van der Waals surface area contributed by atoms with E-state index in [9.17, 15) is 8.78 Å². The largest absolute Gasteiger partial charge is 0.333 e. The van der Waals surface area contributed by atoms with Crippen LogP contribution >= 0.6 is 0 Å². The van der Waals surface area contributed by atoms with E-state index in [1.54, 1.807) is 18.2 Å². The SMILES string of the molecule is FC(F)n1nc[c]c1-c1ccccn1. The summed E-state index contributed by atoms with van der Waals surface area (Å²) in [5.74, 6) is 0. The van der Waals surface area contributed by atoms with Gasteiger partial charge in [-0.1, -0.05) is 6.07 Å². The van der Waals surface area contributed by atoms with Crippen LogP contribution in [0.1, 0.15) is 6.55 Å². The first-order chi connectivity index (χ1) is 6.79. The molecule has 2 heterocycles. The van der Waals surface area contributed by atoms with Gasteiger partial charge in [0.05, 0.1) is 11.9 Å². The number of halogens is 2. The summed E-state index contributed by atoms with van der Waals surface area (Å²) in [6.45, 7) is -2.67. The fourth-order valence-electron chi connectivity index (χ4n) is 1.12. The van der Waals surface area contributed by atoms with Crippen LogP contribution < -0.4 is 0 Å². The van der Waals surface area contributed by atoms with Gasteiger partial charge in [-0.25, -0.2) is 4.68 Å². The lowest BCUT2D eigenvalue weighted by Gasteiger charge is -2.03. The molecule has 0 spiro atoms. The Labute approximate surface area is 79.0 Å². The molecule has 1 radical (unpaired) electrons. The number of hydrogen-bond acceptors (Lipinski definition) is 2. The predicted octanol–water partition coefficient (Wildman–Crippen LogP) is 2.14. The van der Waals surface area contributed by atoms with Crippen molar-refractivity contribution < 1.29 is 8.78 Å². The maximum Gasteiger partial charge on any atom is 0.333 e. The Balaban J connectivity index is 2.47. The molecule has 0 aliphatic carbocycles. The van der Waals surface area contributed by atoms with E-state index < -0.39 is 6.55 Å². The molecule has 0 atom stereocenters. The van der Waals surface area contributed by atoms with Gasteiger partial charge in [-0.05, 0) is 12.1 Å². The number of rotatable bonds is 2. The topological polar surface area (TPSA) is 30.7 Å². The smallest absolute Gasteiger partial charge is 0.255 e. The summed E-state index contributed by atoms with van der Waals surface area (Å²) in [7, 11) is 0. The molecule has 0 saturated heterocycles. The zero-order valence-electron chi connectivity index (χ0n) is 7.06. The van der Waals surface area contributed by atoms with Crippen LogP contribution in [0.4, 0.5) is 8.78 Å². The molecule has 2 rings (SSSR count). The molecule has 71 valence electrons. The van der Waals surface area contributed by atoms with Crippen molar-refractivity contribution in [2.24, 2.45) is 0 Å². The van der Waals surface area contributed by atoms with Crippen LogP contribution in [0, 0.1) is 6.07 Å². The Morgan fingerprint density at radius 1 is 1.36 bits per heavy atom. The molecular weight excluding hydrogens is 188 g/mol. The van der Waals surface area contributed by atoms with Gasteiger partial charge in [0.2, 0.25) is 0 Å². The van der Waals surface area contributed by atoms with Gasteiger partial charge in [-0.3, -0.25) is 4.98 Å². The van der Waals surface area contributed by atoms with Gasteiger partial charge >= 0.3 is 6.55 Å². The number of aromatic nitrogens is 3. The number of nitrogens with zero attached hydrogens (tertiary/aromatic N) is 3. The zero-order valence-corrected chi connectivity index (χ0v) is 7.06. The lowest BCUT2D eigenvalue weighted by Crippen LogP contribution is -2.02. The lowest BCUT2D eigenvalue weighted by atomic mass is 10.3. The zero-order chi connectivity index (χ0) is 9.97. The Morgan fingerprint density at radius 3 is 2.86 bits per heavy atom. The van der Waals surface area contributed by atoms with E-state index in [1.807, 2.05) is 0 Å². The van der Waals surface area contributed by atoms with Gasteiger partial charge in [0.25, 0.3) is 0 Å². The molecule has 2 aromatic heterocycles. The highest BCUT2D eigenvalue weighted by molar-refractivity contribution is 5.52. The fraction of sp³-hybridized carbons (Fsp3) is 0.111. The van der Waals surface area contributed by atoms with Crippen molar-refractivity contribution >= 4 is 0 Å². The lowest BCUT2D eigenvalue weighted by molar-refractivity contribution is 0.0584. The summed E-state index contributed by atoms with van der Waals surface area (Å²) in [5.41, 5.74) is 0.630. The molecule has 0 aromatic carbocycles. The number of hydrogen-bond donors (Lipinski definition) is 0. The predicted molar refractivity (Wildman–Crippen MR) is 45.5 cm³/mol. The minimum Gasteiger partial charge on any atom is -0.255 e. The summed E-state index contributed by atoms with van der Waals surface area (Å²) < 4.78 is 25.4. The molecule has 0 aliphatic heterocycles. The summed E-state index contributed by atoms with van der Waals surface area (Å²) in [4.78, 5) is 3.94. The summed E-state index contributed by atoms with van der Waals surface area (Å²) in [6, 6.07) is 7.68. The Hall–Kier alpha value is -1.78. The number of pyridine rings is 1. The monoisotopic (exact) mass is 194 g/mol. The van der Waals surface area contributed by atoms with Crippen molar-refractivity contribution in [3.63, 3.8) is 0 Å². The highest BCUT2D eigenvalue weighted by atomic mass is 19.3. The van der Waals surface area contributed by atoms with E-state index in [-0.39, 0.29) is 5.69 Å². The van der Waals surface area contributed by atoms with Crippen molar-refractivity contribution in [2.75, 3.05) is 0 Å². The van der Waals surface area contributed by atoms with Crippen molar-refractivity contribution in [1.29, 1.82) is 0 Å². The van der Waals surface area contributed by atoms with Gasteiger partial charge in [0.15, 0.2) is 0 Å². The molecule has 14 heavy (non-hydrogen) atoms. The average molecular weight is 194 g/mol. The third-order valence-corrected chi connectivity index (χ3v) is 1.70. The minimum atomic E-state index is -2.67. The Bertz CT molecular complexity index is 411. The van der Waals surface area contributed by atoms with E-state index in [0.717, 1.165) is 0 Å². The standard InChI is InChI=1S/C9H6F2N3/c10-9(11)14-8(4-6-13-14)7-3-1-2-5-12-7/h1-3,5-6,9H. The normalized spacial score (nSPS) is 10.8. The van der Waals surface area contributed by atoms with Gasteiger partial charge in [-0.15, -0.1) is 0 Å². The molecule has 0 bridgehead atoms. The van der Waals surface area contributed by atoms with Crippen LogP contribution in [-0.2, 0) is 0 Å². The summed E-state index contributed by atoms with van der Waals surface area (Å²) in [6.07, 6.45) is 2.74. The van der Waals surface area contributed by atoms with E-state index in [1.165, 1.54) is 12.4 Å². The Kier molecular flexibility index (Phi) is 2.22. The van der Waals surface area contributed by atoms with Crippen molar-refractivity contribution in [2.45, 2.75) is 6.55 Å². The first kappa shape index (κ1) is 8.80. The third kappa shape index (κ3) is 1.48. The van der Waals surface area contributed by atoms with E-state index >= 15 is 0 Å². The maximum absolute atomic E-state index is 12.4. The molecular formula is C9H6F2N3. The van der Waals surface area contributed by atoms with Crippen LogP contribution in [0.15, 0.2) is 30.6 Å². The molecule has 0 saturated carbocycles. The van der Waals surface area contributed by atoms with Crippen LogP contribution in [0.3, 0.4) is 0 Å². The van der Waals surface area contributed by atoms with Crippen LogP contribution in [0.5, 0.6) is 0 Å². The average Bonchev–Trinajstić information content (AvgIpc) is 2.67. The second-order valence-electron chi connectivity index (χ2n) is 2.57. The Morgan fingerprint density at radius 2 is 2.21 bits per heavy atom. The molecule has 0 fully saturated rings. The van der Waals surface area contributed by atoms with Crippen molar-refractivity contribution in [3.8, 4) is 11.4 Å². The van der Waals surface area contributed by atoms with E-state index in [0.29, 0.717) is 10.4 Å². The van der Waals surface area contributed by atoms with Gasteiger partial charge in [0.1, 0.15) is 5.69 Å². The molecule has 0 unspecified atom stereocenters. The van der Waals surface area contributed by atoms with Gasteiger partial charge < -0.3 is 0 Å². The van der Waals surface area contributed by atoms with Crippen molar-refractivity contribution in [1.82, 2.24) is 14.8 Å². The van der Waals surface area contributed by atoms with Crippen LogP contribution in [-0.4, -0.2) is 14.8 Å². The summed E-state index contributed by atoms with van der Waals surface area (Å²) in [5, 5.41) is 3.46. The molecule has 0 amide bonds. The first-order valence-electron chi connectivity index (χ1n) is 3.94. The molecule has 0 N–H and O–H groups in total. The highest BCUT2D eigenvalue weighted by Gasteiger charge is 2.13. The van der Waals surface area contributed by atoms with Crippen LogP contribution in [0.25, 0.3) is 11.4 Å². The minimum absolute atomic E-state index is 0.195. The molecule has 0 aliphatic rings. The fourth-order valence-corrected chi connectivity index (χ4v) is 1.12.